The van der Waals surface area contributed by atoms with Gasteiger partial charge in [-0.2, -0.15) is 0 Å². The highest BCUT2D eigenvalue weighted by Crippen LogP contribution is 2.30. The van der Waals surface area contributed by atoms with Gasteiger partial charge in [0.15, 0.2) is 0 Å². The Hall–Kier alpha value is -1.16. The predicted molar refractivity (Wildman–Crippen MR) is 70.1 cm³/mol. The van der Waals surface area contributed by atoms with Crippen molar-refractivity contribution in [1.82, 2.24) is 14.9 Å². The fraction of sp³-hybridized carbons (Fsp3) is 0.692. The third kappa shape index (κ3) is 3.40. The topological polar surface area (TPSA) is 41.1 Å². The van der Waals surface area contributed by atoms with Crippen molar-refractivity contribution in [2.75, 3.05) is 32.0 Å². The van der Waals surface area contributed by atoms with Gasteiger partial charge in [-0.15, -0.1) is 0 Å². The molecule has 0 saturated carbocycles. The molecule has 1 aromatic heterocycles. The van der Waals surface area contributed by atoms with Gasteiger partial charge in [0.05, 0.1) is 0 Å². The lowest BCUT2D eigenvalue weighted by molar-refractivity contribution is 0.150. The molecule has 94 valence electrons. The minimum absolute atomic E-state index is 0.394. The Morgan fingerprint density at radius 2 is 2.12 bits per heavy atom. The van der Waals surface area contributed by atoms with E-state index in [9.17, 15) is 0 Å². The first kappa shape index (κ1) is 12.3. The molecule has 1 aliphatic rings. The van der Waals surface area contributed by atoms with Gasteiger partial charge in [0, 0.05) is 12.7 Å². The SMILES string of the molecule is Cc1nccc(NCC2(C)CCN(C)CC2)n1. The molecule has 2 heterocycles. The van der Waals surface area contributed by atoms with Crippen LogP contribution in [-0.2, 0) is 0 Å². The molecule has 1 fully saturated rings. The van der Waals surface area contributed by atoms with E-state index in [1.54, 1.807) is 0 Å². The van der Waals surface area contributed by atoms with E-state index in [0.29, 0.717) is 5.41 Å². The molecule has 0 unspecified atom stereocenters. The van der Waals surface area contributed by atoms with Gasteiger partial charge in [-0.3, -0.25) is 0 Å². The summed E-state index contributed by atoms with van der Waals surface area (Å²) < 4.78 is 0. The number of nitrogens with one attached hydrogen (secondary N) is 1. The van der Waals surface area contributed by atoms with E-state index in [0.717, 1.165) is 18.2 Å². The molecule has 1 saturated heterocycles. The van der Waals surface area contributed by atoms with Crippen LogP contribution < -0.4 is 5.32 Å². The molecule has 0 amide bonds. The fourth-order valence-corrected chi connectivity index (χ4v) is 2.19. The molecule has 0 spiro atoms. The molecule has 17 heavy (non-hydrogen) atoms. The quantitative estimate of drug-likeness (QED) is 0.867. The average Bonchev–Trinajstić information content (AvgIpc) is 2.31. The van der Waals surface area contributed by atoms with Crippen LogP contribution in [0.5, 0.6) is 0 Å². The summed E-state index contributed by atoms with van der Waals surface area (Å²) in [5.41, 5.74) is 0.394. The van der Waals surface area contributed by atoms with Crippen LogP contribution in [0.2, 0.25) is 0 Å². The zero-order valence-corrected chi connectivity index (χ0v) is 11.0. The third-order valence-corrected chi connectivity index (χ3v) is 3.67. The second kappa shape index (κ2) is 5.00. The number of rotatable bonds is 3. The van der Waals surface area contributed by atoms with Gasteiger partial charge in [-0.25, -0.2) is 9.97 Å². The first-order valence-corrected chi connectivity index (χ1v) is 6.29. The highest BCUT2D eigenvalue weighted by atomic mass is 15.1. The lowest BCUT2D eigenvalue weighted by Crippen LogP contribution is -2.40. The van der Waals surface area contributed by atoms with Crippen molar-refractivity contribution in [3.63, 3.8) is 0 Å². The number of aromatic nitrogens is 2. The maximum Gasteiger partial charge on any atom is 0.129 e. The molecular formula is C13H22N4. The van der Waals surface area contributed by atoms with Gasteiger partial charge in [0.1, 0.15) is 11.6 Å². The molecule has 1 aromatic rings. The van der Waals surface area contributed by atoms with Gasteiger partial charge < -0.3 is 10.2 Å². The van der Waals surface area contributed by atoms with Crippen molar-refractivity contribution in [3.8, 4) is 0 Å². The van der Waals surface area contributed by atoms with Crippen LogP contribution in [0, 0.1) is 12.3 Å². The van der Waals surface area contributed by atoms with Gasteiger partial charge >= 0.3 is 0 Å². The summed E-state index contributed by atoms with van der Waals surface area (Å²) in [6.45, 7) is 7.67. The molecule has 4 nitrogen and oxygen atoms in total. The van der Waals surface area contributed by atoms with Crippen LogP contribution >= 0.6 is 0 Å². The van der Waals surface area contributed by atoms with Crippen LogP contribution in [0.3, 0.4) is 0 Å². The summed E-state index contributed by atoms with van der Waals surface area (Å²) in [6, 6.07) is 1.94. The molecule has 2 rings (SSSR count). The normalized spacial score (nSPS) is 20.2. The van der Waals surface area contributed by atoms with Crippen molar-refractivity contribution in [2.45, 2.75) is 26.7 Å². The average molecular weight is 234 g/mol. The summed E-state index contributed by atoms with van der Waals surface area (Å²) >= 11 is 0. The second-order valence-electron chi connectivity index (χ2n) is 5.46. The number of likely N-dealkylation sites (tertiary alicyclic amines) is 1. The first-order chi connectivity index (χ1) is 8.07. The number of nitrogens with zero attached hydrogens (tertiary/aromatic N) is 3. The summed E-state index contributed by atoms with van der Waals surface area (Å²) in [7, 11) is 2.20. The molecule has 0 aliphatic carbocycles. The van der Waals surface area contributed by atoms with E-state index >= 15 is 0 Å². The maximum absolute atomic E-state index is 4.37. The lowest BCUT2D eigenvalue weighted by Gasteiger charge is -2.38. The number of hydrogen-bond acceptors (Lipinski definition) is 4. The van der Waals surface area contributed by atoms with E-state index in [-0.39, 0.29) is 0 Å². The number of anilines is 1. The van der Waals surface area contributed by atoms with Crippen molar-refractivity contribution < 1.29 is 0 Å². The minimum Gasteiger partial charge on any atom is -0.369 e. The standard InChI is InChI=1S/C13H22N4/c1-11-14-7-4-12(16-11)15-10-13(2)5-8-17(3)9-6-13/h4,7H,5-6,8-10H2,1-3H3,(H,14,15,16). The summed E-state index contributed by atoms with van der Waals surface area (Å²) in [5.74, 6) is 1.76. The Labute approximate surface area is 103 Å². The summed E-state index contributed by atoms with van der Waals surface area (Å²) in [5, 5.41) is 3.44. The van der Waals surface area contributed by atoms with E-state index in [2.05, 4.69) is 34.2 Å². The zero-order valence-electron chi connectivity index (χ0n) is 11.0. The van der Waals surface area contributed by atoms with Crippen molar-refractivity contribution in [2.24, 2.45) is 5.41 Å². The molecule has 4 heteroatoms. The number of aryl methyl sites for hydroxylation is 1. The highest BCUT2D eigenvalue weighted by molar-refractivity contribution is 5.33. The first-order valence-electron chi connectivity index (χ1n) is 6.29. The van der Waals surface area contributed by atoms with Gasteiger partial charge in [0.25, 0.3) is 0 Å². The molecule has 0 bridgehead atoms. The van der Waals surface area contributed by atoms with Crippen LogP contribution in [-0.4, -0.2) is 41.5 Å². The van der Waals surface area contributed by atoms with Crippen molar-refractivity contribution in [1.29, 1.82) is 0 Å². The monoisotopic (exact) mass is 234 g/mol. The smallest absolute Gasteiger partial charge is 0.129 e. The Bertz CT molecular complexity index is 369. The number of hydrogen-bond donors (Lipinski definition) is 1. The van der Waals surface area contributed by atoms with Gasteiger partial charge in [0.2, 0.25) is 0 Å². The molecule has 0 radical (unpaired) electrons. The highest BCUT2D eigenvalue weighted by Gasteiger charge is 2.28. The third-order valence-electron chi connectivity index (χ3n) is 3.67. The summed E-state index contributed by atoms with van der Waals surface area (Å²) in [6.07, 6.45) is 4.31. The van der Waals surface area contributed by atoms with Crippen LogP contribution in [0.15, 0.2) is 12.3 Å². The lowest BCUT2D eigenvalue weighted by atomic mass is 9.80. The predicted octanol–water partition coefficient (Wildman–Crippen LogP) is 1.93. The summed E-state index contributed by atoms with van der Waals surface area (Å²) in [4.78, 5) is 10.9. The Morgan fingerprint density at radius 3 is 2.76 bits per heavy atom. The Morgan fingerprint density at radius 1 is 1.41 bits per heavy atom. The van der Waals surface area contributed by atoms with Gasteiger partial charge in [-0.1, -0.05) is 6.92 Å². The van der Waals surface area contributed by atoms with Crippen molar-refractivity contribution in [3.05, 3.63) is 18.1 Å². The Balaban J connectivity index is 1.89. The van der Waals surface area contributed by atoms with E-state index in [1.165, 1.54) is 25.9 Å². The maximum atomic E-state index is 4.37. The van der Waals surface area contributed by atoms with Crippen LogP contribution in [0.1, 0.15) is 25.6 Å². The minimum atomic E-state index is 0.394. The van der Waals surface area contributed by atoms with E-state index in [4.69, 9.17) is 0 Å². The number of piperidine rings is 1. The zero-order chi connectivity index (χ0) is 12.3. The van der Waals surface area contributed by atoms with Crippen molar-refractivity contribution >= 4 is 5.82 Å². The Kier molecular flexibility index (Phi) is 3.62. The van der Waals surface area contributed by atoms with E-state index in [1.807, 2.05) is 19.2 Å². The van der Waals surface area contributed by atoms with Gasteiger partial charge in [-0.05, 0) is 51.4 Å². The largest absolute Gasteiger partial charge is 0.369 e. The molecule has 1 N–H and O–H groups in total. The molecular weight excluding hydrogens is 212 g/mol. The van der Waals surface area contributed by atoms with E-state index < -0.39 is 0 Å². The molecule has 0 aromatic carbocycles. The van der Waals surface area contributed by atoms with Crippen LogP contribution in [0.25, 0.3) is 0 Å². The molecule has 0 atom stereocenters. The van der Waals surface area contributed by atoms with Crippen LogP contribution in [0.4, 0.5) is 5.82 Å². The fourth-order valence-electron chi connectivity index (χ4n) is 2.19. The molecule has 1 aliphatic heterocycles. The second-order valence-corrected chi connectivity index (χ2v) is 5.46.